The van der Waals surface area contributed by atoms with E-state index in [2.05, 4.69) is 0 Å². The average Bonchev–Trinajstić information content (AvgIpc) is 2.01. The monoisotopic (exact) mass is 216 g/mol. The topological polar surface area (TPSA) is 72.2 Å². The molecule has 0 radical (unpaired) electrons. The Balaban J connectivity index is 2.96. The minimum absolute atomic E-state index is 0.00753. The Morgan fingerprint density at radius 2 is 2.07 bits per heavy atom. The molecule has 0 aliphatic rings. The first-order valence-corrected chi connectivity index (χ1v) is 3.94. The van der Waals surface area contributed by atoms with Crippen LogP contribution in [0.5, 0.6) is 0 Å². The number of carbonyl (C=O) groups excluding carboxylic acids is 2. The van der Waals surface area contributed by atoms with E-state index >= 15 is 0 Å². The number of hydrogen-bond acceptors (Lipinski definition) is 2. The molecule has 4 nitrogen and oxygen atoms in total. The van der Waals surface area contributed by atoms with Crippen molar-refractivity contribution >= 4 is 23.5 Å². The van der Waals surface area contributed by atoms with E-state index in [9.17, 15) is 14.0 Å². The summed E-state index contributed by atoms with van der Waals surface area (Å²) in [6.45, 7) is 0. The van der Waals surface area contributed by atoms with Gasteiger partial charge in [0.1, 0.15) is 5.82 Å². The van der Waals surface area contributed by atoms with Gasteiger partial charge in [-0.25, -0.2) is 9.18 Å². The second-order valence-electron chi connectivity index (χ2n) is 2.44. The number of rotatable bonds is 1. The van der Waals surface area contributed by atoms with Crippen molar-refractivity contribution in [1.82, 2.24) is 5.32 Å². The van der Waals surface area contributed by atoms with Crippen LogP contribution in [0.4, 0.5) is 9.18 Å². The summed E-state index contributed by atoms with van der Waals surface area (Å²) in [5.74, 6) is -1.33. The fraction of sp³-hybridized carbons (Fsp3) is 0. The van der Waals surface area contributed by atoms with Crippen LogP contribution in [-0.2, 0) is 0 Å². The maximum atomic E-state index is 12.6. The van der Waals surface area contributed by atoms with E-state index < -0.39 is 17.8 Å². The lowest BCUT2D eigenvalue weighted by Crippen LogP contribution is -2.35. The third kappa shape index (κ3) is 2.43. The van der Waals surface area contributed by atoms with Crippen LogP contribution in [0.2, 0.25) is 5.02 Å². The Bertz CT molecular complexity index is 395. The maximum Gasteiger partial charge on any atom is 0.319 e. The van der Waals surface area contributed by atoms with Gasteiger partial charge in [-0.1, -0.05) is 11.6 Å². The number of nitrogens with one attached hydrogen (secondary N) is 1. The molecule has 0 aromatic heterocycles. The Kier molecular flexibility index (Phi) is 3.03. The fourth-order valence-corrected chi connectivity index (χ4v) is 1.11. The number of carbonyl (C=O) groups is 2. The molecule has 0 saturated heterocycles. The maximum absolute atomic E-state index is 12.6. The quantitative estimate of drug-likeness (QED) is 0.743. The Labute approximate surface area is 83.8 Å². The van der Waals surface area contributed by atoms with Crippen LogP contribution in [0.1, 0.15) is 10.4 Å². The van der Waals surface area contributed by atoms with Gasteiger partial charge in [0.15, 0.2) is 0 Å². The Morgan fingerprint density at radius 1 is 1.43 bits per heavy atom. The molecule has 74 valence electrons. The van der Waals surface area contributed by atoms with Gasteiger partial charge < -0.3 is 5.73 Å². The number of halogens is 2. The second-order valence-corrected chi connectivity index (χ2v) is 2.85. The summed E-state index contributed by atoms with van der Waals surface area (Å²) in [6.07, 6.45) is 0. The van der Waals surface area contributed by atoms with Gasteiger partial charge in [0.05, 0.1) is 10.6 Å². The summed E-state index contributed by atoms with van der Waals surface area (Å²) in [5, 5.41) is 1.73. The highest BCUT2D eigenvalue weighted by Crippen LogP contribution is 2.16. The van der Waals surface area contributed by atoms with Crippen molar-refractivity contribution in [3.8, 4) is 0 Å². The normalized spacial score (nSPS) is 9.57. The summed E-state index contributed by atoms with van der Waals surface area (Å²) < 4.78 is 12.6. The van der Waals surface area contributed by atoms with Gasteiger partial charge in [0.2, 0.25) is 0 Å². The van der Waals surface area contributed by atoms with Crippen molar-refractivity contribution in [1.29, 1.82) is 0 Å². The van der Waals surface area contributed by atoms with Gasteiger partial charge in [-0.3, -0.25) is 10.1 Å². The first-order valence-electron chi connectivity index (χ1n) is 3.56. The molecule has 0 heterocycles. The van der Waals surface area contributed by atoms with Gasteiger partial charge >= 0.3 is 6.03 Å². The van der Waals surface area contributed by atoms with E-state index in [0.29, 0.717) is 0 Å². The largest absolute Gasteiger partial charge is 0.351 e. The lowest BCUT2D eigenvalue weighted by Gasteiger charge is -2.02. The highest BCUT2D eigenvalue weighted by atomic mass is 35.5. The van der Waals surface area contributed by atoms with E-state index in [-0.39, 0.29) is 10.6 Å². The van der Waals surface area contributed by atoms with E-state index in [1.807, 2.05) is 5.32 Å². The molecule has 0 bridgehead atoms. The van der Waals surface area contributed by atoms with E-state index in [1.165, 1.54) is 0 Å². The van der Waals surface area contributed by atoms with Crippen molar-refractivity contribution in [2.75, 3.05) is 0 Å². The molecule has 3 amide bonds. The first-order chi connectivity index (χ1) is 6.50. The summed E-state index contributed by atoms with van der Waals surface area (Å²) in [7, 11) is 0. The molecule has 1 rings (SSSR count). The number of benzene rings is 1. The fourth-order valence-electron chi connectivity index (χ4n) is 0.853. The van der Waals surface area contributed by atoms with Gasteiger partial charge in [-0.15, -0.1) is 0 Å². The molecule has 0 aliphatic carbocycles. The van der Waals surface area contributed by atoms with Crippen molar-refractivity contribution in [3.05, 3.63) is 34.6 Å². The van der Waals surface area contributed by atoms with Crippen LogP contribution >= 0.6 is 11.6 Å². The lowest BCUT2D eigenvalue weighted by atomic mass is 10.2. The van der Waals surface area contributed by atoms with Gasteiger partial charge in [0.25, 0.3) is 5.91 Å². The number of amides is 3. The minimum Gasteiger partial charge on any atom is -0.351 e. The number of imide groups is 1. The highest BCUT2D eigenvalue weighted by Gasteiger charge is 2.11. The van der Waals surface area contributed by atoms with Crippen LogP contribution in [0.3, 0.4) is 0 Å². The first kappa shape index (κ1) is 10.5. The molecule has 0 fully saturated rings. The zero-order valence-electron chi connectivity index (χ0n) is 6.88. The van der Waals surface area contributed by atoms with Crippen molar-refractivity contribution in [3.63, 3.8) is 0 Å². The minimum atomic E-state index is -0.990. The molecule has 0 unspecified atom stereocenters. The molecule has 0 atom stereocenters. The zero-order chi connectivity index (χ0) is 10.7. The second kappa shape index (κ2) is 4.06. The third-order valence-electron chi connectivity index (χ3n) is 1.41. The van der Waals surface area contributed by atoms with Gasteiger partial charge in [0, 0.05) is 0 Å². The SMILES string of the molecule is NC(=O)NC(=O)c1ccc(F)cc1Cl. The molecule has 6 heteroatoms. The lowest BCUT2D eigenvalue weighted by molar-refractivity contribution is 0.0966. The highest BCUT2D eigenvalue weighted by molar-refractivity contribution is 6.34. The molecule has 0 saturated carbocycles. The number of nitrogens with two attached hydrogens (primary N) is 1. The smallest absolute Gasteiger partial charge is 0.319 e. The molecule has 14 heavy (non-hydrogen) atoms. The van der Waals surface area contributed by atoms with Crippen LogP contribution < -0.4 is 11.1 Å². The molecular weight excluding hydrogens is 211 g/mol. The third-order valence-corrected chi connectivity index (χ3v) is 1.73. The summed E-state index contributed by atoms with van der Waals surface area (Å²) in [4.78, 5) is 21.5. The zero-order valence-corrected chi connectivity index (χ0v) is 7.64. The average molecular weight is 217 g/mol. The van der Waals surface area contributed by atoms with Gasteiger partial charge in [-0.05, 0) is 18.2 Å². The van der Waals surface area contributed by atoms with Crippen LogP contribution in [-0.4, -0.2) is 11.9 Å². The number of primary amides is 1. The standard InChI is InChI=1S/C8H6ClFN2O2/c9-6-3-4(10)1-2-5(6)7(13)12-8(11)14/h1-3H,(H3,11,12,13,14). The molecular formula is C8H6ClFN2O2. The van der Waals surface area contributed by atoms with E-state index in [4.69, 9.17) is 17.3 Å². The Morgan fingerprint density at radius 3 is 2.57 bits per heavy atom. The van der Waals surface area contributed by atoms with Crippen molar-refractivity contribution < 1.29 is 14.0 Å². The molecule has 0 spiro atoms. The summed E-state index contributed by atoms with van der Waals surface area (Å²) in [6, 6.07) is 2.20. The summed E-state index contributed by atoms with van der Waals surface area (Å²) >= 11 is 5.55. The van der Waals surface area contributed by atoms with E-state index in [0.717, 1.165) is 18.2 Å². The van der Waals surface area contributed by atoms with E-state index in [1.54, 1.807) is 0 Å². The van der Waals surface area contributed by atoms with Gasteiger partial charge in [-0.2, -0.15) is 0 Å². The molecule has 3 N–H and O–H groups in total. The van der Waals surface area contributed by atoms with Crippen LogP contribution in [0, 0.1) is 5.82 Å². The molecule has 1 aromatic rings. The predicted molar refractivity (Wildman–Crippen MR) is 48.5 cm³/mol. The van der Waals surface area contributed by atoms with Crippen molar-refractivity contribution in [2.24, 2.45) is 5.73 Å². The number of urea groups is 1. The predicted octanol–water partition coefficient (Wildman–Crippen LogP) is 1.29. The van der Waals surface area contributed by atoms with Crippen molar-refractivity contribution in [2.45, 2.75) is 0 Å². The Hall–Kier alpha value is -1.62. The summed E-state index contributed by atoms with van der Waals surface area (Å²) in [5.41, 5.74) is 4.72. The molecule has 1 aromatic carbocycles. The van der Waals surface area contributed by atoms with Crippen LogP contribution in [0.15, 0.2) is 18.2 Å². The van der Waals surface area contributed by atoms with Crippen LogP contribution in [0.25, 0.3) is 0 Å². The number of hydrogen-bond donors (Lipinski definition) is 2. The molecule has 0 aliphatic heterocycles.